The zero-order chi connectivity index (χ0) is 21.0. The van der Waals surface area contributed by atoms with E-state index in [9.17, 15) is 9.90 Å². The number of likely N-dealkylation sites (tertiary alicyclic amines) is 1. The molecule has 1 N–H and O–H groups in total. The van der Waals surface area contributed by atoms with Crippen LogP contribution in [0.1, 0.15) is 54.9 Å². The predicted molar refractivity (Wildman–Crippen MR) is 115 cm³/mol. The molecule has 2 heterocycles. The molecule has 1 spiro atoms. The first kappa shape index (κ1) is 20.9. The van der Waals surface area contributed by atoms with Gasteiger partial charge in [0, 0.05) is 25.1 Å². The Morgan fingerprint density at radius 3 is 2.50 bits per heavy atom. The van der Waals surface area contributed by atoms with Crippen molar-refractivity contribution in [2.75, 3.05) is 13.1 Å². The number of amides is 1. The third-order valence-corrected chi connectivity index (χ3v) is 6.33. The molecule has 2 saturated heterocycles. The van der Waals surface area contributed by atoms with Crippen molar-refractivity contribution >= 4 is 5.91 Å². The van der Waals surface area contributed by atoms with Gasteiger partial charge in [0.15, 0.2) is 0 Å². The molecule has 0 aliphatic carbocycles. The molecular formula is C25H31NO4. The van der Waals surface area contributed by atoms with Gasteiger partial charge in [-0.2, -0.15) is 0 Å². The molecule has 4 rings (SSSR count). The largest absolute Gasteiger partial charge is 0.489 e. The summed E-state index contributed by atoms with van der Waals surface area (Å²) in [6, 6.07) is 17.4. The first-order chi connectivity index (χ1) is 14.6. The van der Waals surface area contributed by atoms with E-state index in [1.807, 2.05) is 59.5 Å². The molecule has 160 valence electrons. The fourth-order valence-corrected chi connectivity index (χ4v) is 4.56. The number of ether oxygens (including phenoxy) is 2. The van der Waals surface area contributed by atoms with E-state index in [2.05, 4.69) is 6.92 Å². The monoisotopic (exact) mass is 409 g/mol. The quantitative estimate of drug-likeness (QED) is 0.804. The van der Waals surface area contributed by atoms with Crippen LogP contribution in [0, 0.1) is 0 Å². The van der Waals surface area contributed by atoms with Crippen LogP contribution < -0.4 is 4.74 Å². The van der Waals surface area contributed by atoms with Gasteiger partial charge in [0.1, 0.15) is 12.4 Å². The lowest BCUT2D eigenvalue weighted by Gasteiger charge is -2.47. The van der Waals surface area contributed by atoms with E-state index in [4.69, 9.17) is 9.47 Å². The van der Waals surface area contributed by atoms with E-state index >= 15 is 0 Å². The van der Waals surface area contributed by atoms with Gasteiger partial charge in [-0.15, -0.1) is 0 Å². The molecule has 0 saturated carbocycles. The average molecular weight is 410 g/mol. The molecular weight excluding hydrogens is 378 g/mol. The SMILES string of the molecule is CC[C@H]1C[C@@H](O)CC2(CCN(C(=O)c3ccc(COc4ccccc4)cc3)CC2)O1. The molecule has 2 aliphatic rings. The van der Waals surface area contributed by atoms with Gasteiger partial charge < -0.3 is 19.5 Å². The van der Waals surface area contributed by atoms with Gasteiger partial charge in [0.2, 0.25) is 0 Å². The predicted octanol–water partition coefficient (Wildman–Crippen LogP) is 4.19. The van der Waals surface area contributed by atoms with Crippen LogP contribution in [-0.4, -0.2) is 46.8 Å². The number of hydrogen-bond donors (Lipinski definition) is 1. The molecule has 5 heteroatoms. The van der Waals surface area contributed by atoms with Crippen molar-refractivity contribution in [1.29, 1.82) is 0 Å². The second-order valence-corrected chi connectivity index (χ2v) is 8.52. The lowest BCUT2D eigenvalue weighted by Crippen LogP contribution is -2.53. The van der Waals surface area contributed by atoms with Crippen molar-refractivity contribution in [3.63, 3.8) is 0 Å². The number of benzene rings is 2. The first-order valence-corrected chi connectivity index (χ1v) is 11.0. The standard InChI is InChI=1S/C25H31NO4/c1-2-22-16-21(27)17-25(30-22)12-14-26(15-13-25)24(28)20-10-8-19(9-11-20)18-29-23-6-4-3-5-7-23/h3-11,21-22,27H,2,12-18H2,1H3/t21-,22+/m1/s1. The summed E-state index contributed by atoms with van der Waals surface area (Å²) >= 11 is 0. The Morgan fingerprint density at radius 2 is 1.83 bits per heavy atom. The van der Waals surface area contributed by atoms with Crippen LogP contribution in [0.4, 0.5) is 0 Å². The van der Waals surface area contributed by atoms with Crippen LogP contribution in [0.3, 0.4) is 0 Å². The third kappa shape index (κ3) is 4.85. The number of para-hydroxylation sites is 1. The molecule has 2 aromatic carbocycles. The van der Waals surface area contributed by atoms with Crippen LogP contribution in [0.2, 0.25) is 0 Å². The maximum Gasteiger partial charge on any atom is 0.253 e. The van der Waals surface area contributed by atoms with Crippen LogP contribution in [0.5, 0.6) is 5.75 Å². The van der Waals surface area contributed by atoms with Crippen LogP contribution in [-0.2, 0) is 11.3 Å². The van der Waals surface area contributed by atoms with Crippen molar-refractivity contribution in [3.05, 3.63) is 65.7 Å². The molecule has 30 heavy (non-hydrogen) atoms. The minimum Gasteiger partial charge on any atom is -0.489 e. The highest BCUT2D eigenvalue weighted by Crippen LogP contribution is 2.38. The maximum absolute atomic E-state index is 13.0. The van der Waals surface area contributed by atoms with E-state index in [1.165, 1.54) is 0 Å². The highest BCUT2D eigenvalue weighted by Gasteiger charge is 2.43. The fourth-order valence-electron chi connectivity index (χ4n) is 4.56. The number of aliphatic hydroxyl groups is 1. The lowest BCUT2D eigenvalue weighted by atomic mass is 9.81. The normalized spacial score (nSPS) is 23.3. The summed E-state index contributed by atoms with van der Waals surface area (Å²) in [6.07, 6.45) is 3.73. The summed E-state index contributed by atoms with van der Waals surface area (Å²) in [5, 5.41) is 10.3. The van der Waals surface area contributed by atoms with Crippen molar-refractivity contribution in [3.8, 4) is 5.75 Å². The lowest BCUT2D eigenvalue weighted by molar-refractivity contribution is -0.179. The van der Waals surface area contributed by atoms with Crippen molar-refractivity contribution in [2.45, 2.75) is 63.4 Å². The number of nitrogens with zero attached hydrogens (tertiary/aromatic N) is 1. The summed E-state index contributed by atoms with van der Waals surface area (Å²) in [6.45, 7) is 3.91. The average Bonchev–Trinajstić information content (AvgIpc) is 2.78. The Hall–Kier alpha value is -2.37. The Balaban J connectivity index is 1.32. The molecule has 2 fully saturated rings. The first-order valence-electron chi connectivity index (χ1n) is 11.0. The number of piperidine rings is 1. The summed E-state index contributed by atoms with van der Waals surface area (Å²) in [7, 11) is 0. The minimum absolute atomic E-state index is 0.0591. The molecule has 2 atom stereocenters. The summed E-state index contributed by atoms with van der Waals surface area (Å²) < 4.78 is 12.1. The van der Waals surface area contributed by atoms with Crippen molar-refractivity contribution < 1.29 is 19.4 Å². The Labute approximate surface area is 178 Å². The molecule has 0 unspecified atom stereocenters. The Bertz CT molecular complexity index is 828. The number of carbonyl (C=O) groups excluding carboxylic acids is 1. The Kier molecular flexibility index (Phi) is 6.40. The maximum atomic E-state index is 13.0. The van der Waals surface area contributed by atoms with Gasteiger partial charge in [-0.1, -0.05) is 37.3 Å². The van der Waals surface area contributed by atoms with Gasteiger partial charge in [-0.25, -0.2) is 0 Å². The zero-order valence-electron chi connectivity index (χ0n) is 17.6. The molecule has 0 bridgehead atoms. The minimum atomic E-state index is -0.295. The number of carbonyl (C=O) groups is 1. The van der Waals surface area contributed by atoms with Crippen LogP contribution >= 0.6 is 0 Å². The van der Waals surface area contributed by atoms with E-state index in [0.29, 0.717) is 31.7 Å². The van der Waals surface area contributed by atoms with Gasteiger partial charge in [-0.3, -0.25) is 4.79 Å². The second-order valence-electron chi connectivity index (χ2n) is 8.52. The van der Waals surface area contributed by atoms with E-state index in [1.54, 1.807) is 0 Å². The van der Waals surface area contributed by atoms with Gasteiger partial charge in [0.05, 0.1) is 17.8 Å². The van der Waals surface area contributed by atoms with E-state index in [0.717, 1.165) is 37.0 Å². The molecule has 2 aliphatic heterocycles. The zero-order valence-corrected chi connectivity index (χ0v) is 17.6. The highest BCUT2D eigenvalue weighted by atomic mass is 16.5. The van der Waals surface area contributed by atoms with Crippen molar-refractivity contribution in [1.82, 2.24) is 4.90 Å². The van der Waals surface area contributed by atoms with E-state index in [-0.39, 0.29) is 23.7 Å². The molecule has 5 nitrogen and oxygen atoms in total. The second kappa shape index (κ2) is 9.19. The number of rotatable bonds is 5. The fraction of sp³-hybridized carbons (Fsp3) is 0.480. The van der Waals surface area contributed by atoms with E-state index < -0.39 is 0 Å². The topological polar surface area (TPSA) is 59.0 Å². The molecule has 1 amide bonds. The summed E-state index contributed by atoms with van der Waals surface area (Å²) in [5.41, 5.74) is 1.46. The highest BCUT2D eigenvalue weighted by molar-refractivity contribution is 5.94. The smallest absolute Gasteiger partial charge is 0.253 e. The van der Waals surface area contributed by atoms with Gasteiger partial charge >= 0.3 is 0 Å². The molecule has 0 aromatic heterocycles. The number of aliphatic hydroxyl groups excluding tert-OH is 1. The molecule has 0 radical (unpaired) electrons. The van der Waals surface area contributed by atoms with Gasteiger partial charge in [-0.05, 0) is 55.5 Å². The Morgan fingerprint density at radius 1 is 1.13 bits per heavy atom. The molecule has 2 aromatic rings. The van der Waals surface area contributed by atoms with Crippen LogP contribution in [0.15, 0.2) is 54.6 Å². The van der Waals surface area contributed by atoms with Crippen LogP contribution in [0.25, 0.3) is 0 Å². The third-order valence-electron chi connectivity index (χ3n) is 6.33. The van der Waals surface area contributed by atoms with Gasteiger partial charge in [0.25, 0.3) is 5.91 Å². The summed E-state index contributed by atoms with van der Waals surface area (Å²) in [4.78, 5) is 14.9. The number of hydrogen-bond acceptors (Lipinski definition) is 4. The van der Waals surface area contributed by atoms with Crippen molar-refractivity contribution in [2.24, 2.45) is 0 Å². The summed E-state index contributed by atoms with van der Waals surface area (Å²) in [5.74, 6) is 0.893.